The fraction of sp³-hybridized carbons (Fsp3) is 0.385. The fourth-order valence-electron chi connectivity index (χ4n) is 1.92. The van der Waals surface area contributed by atoms with Crippen molar-refractivity contribution in [3.8, 4) is 0 Å². The first-order valence-electron chi connectivity index (χ1n) is 5.76. The summed E-state index contributed by atoms with van der Waals surface area (Å²) in [6, 6.07) is 7.24. The molecule has 0 unspecified atom stereocenters. The molecule has 0 radical (unpaired) electrons. The van der Waals surface area contributed by atoms with Gasteiger partial charge in [0.25, 0.3) is 5.91 Å². The molecule has 0 spiro atoms. The molecule has 1 saturated heterocycles. The lowest BCUT2D eigenvalue weighted by Gasteiger charge is -2.41. The van der Waals surface area contributed by atoms with E-state index in [1.807, 2.05) is 19.1 Å². The zero-order valence-corrected chi connectivity index (χ0v) is 10.2. The minimum Gasteiger partial charge on any atom is -0.376 e. The largest absolute Gasteiger partial charge is 0.376 e. The summed E-state index contributed by atoms with van der Waals surface area (Å²) < 4.78 is 5.07. The first-order valence-corrected chi connectivity index (χ1v) is 5.76. The number of aryl methyl sites for hydroxylation is 1. The van der Waals surface area contributed by atoms with Crippen LogP contribution in [-0.2, 0) is 9.53 Å². The maximum Gasteiger partial charge on any atom is 0.251 e. The lowest BCUT2D eigenvalue weighted by Crippen LogP contribution is -2.63. The first-order chi connectivity index (χ1) is 8.51. The zero-order chi connectivity index (χ0) is 13.2. The fourth-order valence-corrected chi connectivity index (χ4v) is 1.92. The molecule has 1 aliphatic heterocycles. The lowest BCUT2D eigenvalue weighted by atomic mass is 9.92. The third-order valence-electron chi connectivity index (χ3n) is 2.96. The molecule has 0 bridgehead atoms. The molecule has 0 saturated carbocycles. The van der Waals surface area contributed by atoms with Crippen LogP contribution in [0.4, 0.5) is 0 Å². The van der Waals surface area contributed by atoms with Gasteiger partial charge in [0.2, 0.25) is 5.91 Å². The van der Waals surface area contributed by atoms with Crippen molar-refractivity contribution < 1.29 is 14.3 Å². The van der Waals surface area contributed by atoms with E-state index >= 15 is 0 Å². The summed E-state index contributed by atoms with van der Waals surface area (Å²) in [5.41, 5.74) is 6.20. The van der Waals surface area contributed by atoms with Gasteiger partial charge >= 0.3 is 0 Å². The van der Waals surface area contributed by atoms with E-state index in [1.165, 1.54) is 0 Å². The van der Waals surface area contributed by atoms with E-state index in [0.717, 1.165) is 5.56 Å². The van der Waals surface area contributed by atoms with Crippen LogP contribution in [0, 0.1) is 6.92 Å². The number of nitrogens with two attached hydrogens (primary N) is 1. The average Bonchev–Trinajstić information content (AvgIpc) is 2.26. The van der Waals surface area contributed by atoms with Crippen molar-refractivity contribution in [2.45, 2.75) is 18.9 Å². The molecule has 5 nitrogen and oxygen atoms in total. The maximum atomic E-state index is 12.0. The van der Waals surface area contributed by atoms with Crippen molar-refractivity contribution >= 4 is 11.8 Å². The van der Waals surface area contributed by atoms with E-state index in [0.29, 0.717) is 18.8 Å². The Labute approximate surface area is 105 Å². The Kier molecular flexibility index (Phi) is 3.34. The Balaban J connectivity index is 2.06. The second-order valence-corrected chi connectivity index (χ2v) is 4.74. The Morgan fingerprint density at radius 1 is 1.33 bits per heavy atom. The molecule has 2 amide bonds. The molecular weight excluding hydrogens is 232 g/mol. The number of amides is 2. The van der Waals surface area contributed by atoms with Crippen LogP contribution in [0.25, 0.3) is 0 Å². The van der Waals surface area contributed by atoms with Crippen LogP contribution < -0.4 is 11.1 Å². The van der Waals surface area contributed by atoms with Crippen molar-refractivity contribution in [3.63, 3.8) is 0 Å². The summed E-state index contributed by atoms with van der Waals surface area (Å²) in [7, 11) is 0. The van der Waals surface area contributed by atoms with Gasteiger partial charge in [-0.3, -0.25) is 9.59 Å². The van der Waals surface area contributed by atoms with E-state index in [9.17, 15) is 9.59 Å². The van der Waals surface area contributed by atoms with Crippen LogP contribution in [0.3, 0.4) is 0 Å². The van der Waals surface area contributed by atoms with Crippen LogP contribution in [-0.4, -0.2) is 30.6 Å². The van der Waals surface area contributed by atoms with Crippen molar-refractivity contribution in [1.29, 1.82) is 0 Å². The van der Waals surface area contributed by atoms with E-state index in [1.54, 1.807) is 12.1 Å². The third-order valence-corrected chi connectivity index (χ3v) is 2.96. The number of primary amides is 1. The molecule has 5 heteroatoms. The van der Waals surface area contributed by atoms with Crippen LogP contribution in [0.15, 0.2) is 24.3 Å². The van der Waals surface area contributed by atoms with Crippen LogP contribution in [0.2, 0.25) is 0 Å². The minimum absolute atomic E-state index is 0.102. The molecule has 18 heavy (non-hydrogen) atoms. The van der Waals surface area contributed by atoms with Crippen LogP contribution >= 0.6 is 0 Å². The number of hydrogen-bond donors (Lipinski definition) is 2. The predicted molar refractivity (Wildman–Crippen MR) is 66.0 cm³/mol. The smallest absolute Gasteiger partial charge is 0.251 e. The highest BCUT2D eigenvalue weighted by Gasteiger charge is 2.41. The number of hydrogen-bond acceptors (Lipinski definition) is 3. The van der Waals surface area contributed by atoms with Gasteiger partial charge in [0.05, 0.1) is 25.2 Å². The topological polar surface area (TPSA) is 81.4 Å². The predicted octanol–water partition coefficient (Wildman–Crippen LogP) is 0.369. The number of carbonyl (C=O) groups is 2. The molecule has 0 aromatic heterocycles. The van der Waals surface area contributed by atoms with Crippen LogP contribution in [0.1, 0.15) is 22.3 Å². The van der Waals surface area contributed by atoms with E-state index < -0.39 is 11.4 Å². The number of nitrogens with one attached hydrogen (secondary N) is 1. The van der Waals surface area contributed by atoms with Crippen molar-refractivity contribution in [2.24, 2.45) is 5.73 Å². The van der Waals surface area contributed by atoms with Gasteiger partial charge in [-0.2, -0.15) is 0 Å². The second kappa shape index (κ2) is 4.78. The minimum atomic E-state index is -0.631. The van der Waals surface area contributed by atoms with Gasteiger partial charge in [0.1, 0.15) is 0 Å². The first kappa shape index (κ1) is 12.6. The summed E-state index contributed by atoms with van der Waals surface area (Å²) >= 11 is 0. The van der Waals surface area contributed by atoms with E-state index in [2.05, 4.69) is 5.32 Å². The molecule has 1 aromatic rings. The molecule has 1 fully saturated rings. The Morgan fingerprint density at radius 3 is 2.39 bits per heavy atom. The summed E-state index contributed by atoms with van der Waals surface area (Å²) in [5.74, 6) is -0.651. The number of benzene rings is 1. The quantitative estimate of drug-likeness (QED) is 0.807. The summed E-state index contributed by atoms with van der Waals surface area (Å²) in [6.07, 6.45) is 0.102. The summed E-state index contributed by atoms with van der Waals surface area (Å²) in [5, 5.41) is 2.83. The normalized spacial score (nSPS) is 16.7. The van der Waals surface area contributed by atoms with Gasteiger partial charge in [0.15, 0.2) is 0 Å². The molecule has 1 heterocycles. The van der Waals surface area contributed by atoms with Gasteiger partial charge in [-0.1, -0.05) is 17.7 Å². The molecule has 1 aromatic carbocycles. The molecular formula is C13H16N2O3. The van der Waals surface area contributed by atoms with Gasteiger partial charge in [-0.15, -0.1) is 0 Å². The molecule has 3 N–H and O–H groups in total. The highest BCUT2D eigenvalue weighted by atomic mass is 16.5. The monoisotopic (exact) mass is 248 g/mol. The van der Waals surface area contributed by atoms with Crippen molar-refractivity contribution in [3.05, 3.63) is 35.4 Å². The standard InChI is InChI=1S/C13H16N2O3/c1-9-2-4-10(5-3-9)12(17)15-13(6-11(14)16)7-18-8-13/h2-5H,6-8H2,1H3,(H2,14,16)(H,15,17). The molecule has 2 rings (SSSR count). The molecule has 0 aliphatic carbocycles. The molecule has 1 aliphatic rings. The number of rotatable bonds is 4. The Bertz CT molecular complexity index is 464. The third kappa shape index (κ3) is 2.68. The maximum absolute atomic E-state index is 12.0. The molecule has 96 valence electrons. The zero-order valence-electron chi connectivity index (χ0n) is 10.2. The second-order valence-electron chi connectivity index (χ2n) is 4.74. The highest BCUT2D eigenvalue weighted by molar-refractivity contribution is 5.95. The highest BCUT2D eigenvalue weighted by Crippen LogP contribution is 2.21. The van der Waals surface area contributed by atoms with E-state index in [4.69, 9.17) is 10.5 Å². The summed E-state index contributed by atoms with van der Waals surface area (Å²) in [6.45, 7) is 2.61. The van der Waals surface area contributed by atoms with Gasteiger partial charge < -0.3 is 15.8 Å². The SMILES string of the molecule is Cc1ccc(C(=O)NC2(CC(N)=O)COC2)cc1. The van der Waals surface area contributed by atoms with Gasteiger partial charge in [-0.25, -0.2) is 0 Å². The summed E-state index contributed by atoms with van der Waals surface area (Å²) in [4.78, 5) is 23.0. The Morgan fingerprint density at radius 2 is 1.94 bits per heavy atom. The van der Waals surface area contributed by atoms with Gasteiger partial charge in [-0.05, 0) is 19.1 Å². The van der Waals surface area contributed by atoms with Crippen LogP contribution in [0.5, 0.6) is 0 Å². The van der Waals surface area contributed by atoms with E-state index in [-0.39, 0.29) is 12.3 Å². The van der Waals surface area contributed by atoms with Gasteiger partial charge in [0, 0.05) is 5.56 Å². The van der Waals surface area contributed by atoms with Crippen molar-refractivity contribution in [2.75, 3.05) is 13.2 Å². The van der Waals surface area contributed by atoms with Crippen molar-refractivity contribution in [1.82, 2.24) is 5.32 Å². The molecule has 0 atom stereocenters. The number of ether oxygens (including phenoxy) is 1. The average molecular weight is 248 g/mol. The number of carbonyl (C=O) groups excluding carboxylic acids is 2. The Hall–Kier alpha value is -1.88. The lowest BCUT2D eigenvalue weighted by molar-refractivity contribution is -0.127.